The molecule has 2 aromatic rings. The summed E-state index contributed by atoms with van der Waals surface area (Å²) >= 11 is 0. The number of aryl methyl sites for hydroxylation is 1. The first kappa shape index (κ1) is 13.8. The molecule has 1 saturated heterocycles. The average Bonchev–Trinajstić information content (AvgIpc) is 2.80. The van der Waals surface area contributed by atoms with Crippen molar-refractivity contribution >= 4 is 22.8 Å². The molecular weight excluding hydrogens is 272 g/mol. The number of morpholine rings is 1. The summed E-state index contributed by atoms with van der Waals surface area (Å²) in [6.07, 6.45) is 1.68. The smallest absolute Gasteiger partial charge is 0.308 e. The first-order chi connectivity index (χ1) is 10.1. The summed E-state index contributed by atoms with van der Waals surface area (Å²) in [7, 11) is 1.80. The number of pyridine rings is 1. The molecule has 0 unspecified atom stereocenters. The largest absolute Gasteiger partial charge is 0.424 e. The van der Waals surface area contributed by atoms with E-state index in [1.807, 2.05) is 0 Å². The highest BCUT2D eigenvalue weighted by Crippen LogP contribution is 2.30. The topological polar surface area (TPSA) is 69.5 Å². The molecule has 1 atom stereocenters. The Balaban J connectivity index is 2.09. The lowest BCUT2D eigenvalue weighted by atomic mass is 10.2. The predicted octanol–water partition coefficient (Wildman–Crippen LogP) is 1.12. The van der Waals surface area contributed by atoms with Crippen molar-refractivity contribution in [2.24, 2.45) is 7.05 Å². The molecule has 7 nitrogen and oxygen atoms in total. The molecule has 0 aliphatic carbocycles. The van der Waals surface area contributed by atoms with Crippen LogP contribution >= 0.6 is 0 Å². The number of nitrogens with zero attached hydrogens (tertiary/aromatic N) is 4. The van der Waals surface area contributed by atoms with Crippen molar-refractivity contribution in [3.8, 4) is 5.75 Å². The van der Waals surface area contributed by atoms with E-state index in [2.05, 4.69) is 21.9 Å². The van der Waals surface area contributed by atoms with Gasteiger partial charge in [0, 0.05) is 26.6 Å². The third-order valence-corrected chi connectivity index (χ3v) is 3.56. The molecule has 1 aliphatic heterocycles. The lowest BCUT2D eigenvalue weighted by molar-refractivity contribution is -0.131. The van der Waals surface area contributed by atoms with Crippen LogP contribution in [0.1, 0.15) is 13.8 Å². The molecule has 0 saturated carbocycles. The molecule has 3 rings (SSSR count). The van der Waals surface area contributed by atoms with Gasteiger partial charge < -0.3 is 14.4 Å². The summed E-state index contributed by atoms with van der Waals surface area (Å²) in [5, 5.41) is 4.19. The van der Waals surface area contributed by atoms with Gasteiger partial charge in [-0.2, -0.15) is 5.10 Å². The van der Waals surface area contributed by atoms with Crippen molar-refractivity contribution < 1.29 is 14.3 Å². The molecule has 112 valence electrons. The van der Waals surface area contributed by atoms with Crippen LogP contribution in [0.15, 0.2) is 12.3 Å². The molecule has 3 heterocycles. The lowest BCUT2D eigenvalue weighted by Crippen LogP contribution is -2.44. The van der Waals surface area contributed by atoms with Crippen molar-refractivity contribution in [3.05, 3.63) is 12.3 Å². The standard InChI is InChI=1S/C14H18N4O3/c1-9-8-20-5-4-18(9)13-6-12(21-10(2)19)14-11(16-13)7-15-17(14)3/h6-7,9H,4-5,8H2,1-3H3/t9-/m1/s1. The summed E-state index contributed by atoms with van der Waals surface area (Å²) in [6.45, 7) is 5.56. The van der Waals surface area contributed by atoms with Crippen LogP contribution < -0.4 is 9.64 Å². The number of hydrogen-bond donors (Lipinski definition) is 0. The number of anilines is 1. The van der Waals surface area contributed by atoms with Crippen LogP contribution in [-0.2, 0) is 16.6 Å². The first-order valence-corrected chi connectivity index (χ1v) is 6.92. The second-order valence-electron chi connectivity index (χ2n) is 5.19. The minimum atomic E-state index is -0.357. The van der Waals surface area contributed by atoms with Crippen molar-refractivity contribution in [3.63, 3.8) is 0 Å². The van der Waals surface area contributed by atoms with E-state index >= 15 is 0 Å². The molecule has 0 amide bonds. The van der Waals surface area contributed by atoms with E-state index in [-0.39, 0.29) is 12.0 Å². The van der Waals surface area contributed by atoms with Gasteiger partial charge in [0.25, 0.3) is 0 Å². The van der Waals surface area contributed by atoms with Gasteiger partial charge in [0.05, 0.1) is 25.5 Å². The van der Waals surface area contributed by atoms with Gasteiger partial charge in [-0.05, 0) is 6.92 Å². The van der Waals surface area contributed by atoms with E-state index in [4.69, 9.17) is 9.47 Å². The summed E-state index contributed by atoms with van der Waals surface area (Å²) in [6, 6.07) is 2.03. The molecule has 1 fully saturated rings. The monoisotopic (exact) mass is 290 g/mol. The Hall–Kier alpha value is -2.15. The Kier molecular flexibility index (Phi) is 3.50. The normalized spacial score (nSPS) is 19.0. The van der Waals surface area contributed by atoms with Crippen molar-refractivity contribution in [1.82, 2.24) is 14.8 Å². The SMILES string of the molecule is CC(=O)Oc1cc(N2CCOC[C@H]2C)nc2cnn(C)c12. The van der Waals surface area contributed by atoms with Crippen LogP contribution in [0.2, 0.25) is 0 Å². The van der Waals surface area contributed by atoms with Gasteiger partial charge in [0.1, 0.15) is 16.9 Å². The van der Waals surface area contributed by atoms with Crippen LogP contribution in [-0.4, -0.2) is 46.5 Å². The quantitative estimate of drug-likeness (QED) is 0.772. The second kappa shape index (κ2) is 5.33. The predicted molar refractivity (Wildman–Crippen MR) is 77.4 cm³/mol. The van der Waals surface area contributed by atoms with E-state index in [1.54, 1.807) is 24.0 Å². The summed E-state index contributed by atoms with van der Waals surface area (Å²) in [4.78, 5) is 18.1. The molecule has 0 N–H and O–H groups in total. The minimum Gasteiger partial charge on any atom is -0.424 e. The van der Waals surface area contributed by atoms with Crippen molar-refractivity contribution in [1.29, 1.82) is 0 Å². The first-order valence-electron chi connectivity index (χ1n) is 6.92. The number of ether oxygens (including phenoxy) is 2. The Bertz CT molecular complexity index is 682. The summed E-state index contributed by atoms with van der Waals surface area (Å²) < 4.78 is 12.4. The molecule has 1 aliphatic rings. The minimum absolute atomic E-state index is 0.227. The zero-order chi connectivity index (χ0) is 15.0. The van der Waals surface area contributed by atoms with Crippen LogP contribution in [0.3, 0.4) is 0 Å². The van der Waals surface area contributed by atoms with Gasteiger partial charge in [0.15, 0.2) is 5.75 Å². The maximum Gasteiger partial charge on any atom is 0.308 e. The third kappa shape index (κ3) is 2.56. The van der Waals surface area contributed by atoms with Crippen molar-refractivity contribution in [2.75, 3.05) is 24.7 Å². The van der Waals surface area contributed by atoms with E-state index in [0.717, 1.165) is 17.9 Å². The number of aromatic nitrogens is 3. The molecule has 7 heteroatoms. The molecule has 0 spiro atoms. The molecule has 0 aromatic carbocycles. The highest BCUT2D eigenvalue weighted by Gasteiger charge is 2.23. The second-order valence-corrected chi connectivity index (χ2v) is 5.19. The Labute approximate surface area is 122 Å². The fraction of sp³-hybridized carbons (Fsp3) is 0.500. The van der Waals surface area contributed by atoms with Gasteiger partial charge in [-0.1, -0.05) is 0 Å². The maximum absolute atomic E-state index is 11.3. The average molecular weight is 290 g/mol. The van der Waals surface area contributed by atoms with Crippen LogP contribution in [0.5, 0.6) is 5.75 Å². The van der Waals surface area contributed by atoms with Gasteiger partial charge >= 0.3 is 5.97 Å². The third-order valence-electron chi connectivity index (χ3n) is 3.56. The Morgan fingerprint density at radius 3 is 3.05 bits per heavy atom. The summed E-state index contributed by atoms with van der Waals surface area (Å²) in [5.74, 6) is 0.911. The Morgan fingerprint density at radius 1 is 1.52 bits per heavy atom. The fourth-order valence-corrected chi connectivity index (χ4v) is 2.58. The van der Waals surface area contributed by atoms with Gasteiger partial charge in [-0.3, -0.25) is 9.48 Å². The highest BCUT2D eigenvalue weighted by atomic mass is 16.5. The van der Waals surface area contributed by atoms with E-state index in [1.165, 1.54) is 6.92 Å². The number of hydrogen-bond acceptors (Lipinski definition) is 6. The molecular formula is C14H18N4O3. The lowest BCUT2D eigenvalue weighted by Gasteiger charge is -2.34. The zero-order valence-corrected chi connectivity index (χ0v) is 12.4. The van der Waals surface area contributed by atoms with Crippen LogP contribution in [0, 0.1) is 0 Å². The fourth-order valence-electron chi connectivity index (χ4n) is 2.58. The van der Waals surface area contributed by atoms with Gasteiger partial charge in [-0.15, -0.1) is 0 Å². The van der Waals surface area contributed by atoms with Gasteiger partial charge in [0.2, 0.25) is 0 Å². The van der Waals surface area contributed by atoms with E-state index in [9.17, 15) is 4.79 Å². The number of rotatable bonds is 2. The molecule has 2 aromatic heterocycles. The zero-order valence-electron chi connectivity index (χ0n) is 12.4. The van der Waals surface area contributed by atoms with E-state index in [0.29, 0.717) is 24.5 Å². The summed E-state index contributed by atoms with van der Waals surface area (Å²) in [5.41, 5.74) is 1.43. The highest BCUT2D eigenvalue weighted by molar-refractivity contribution is 5.86. The number of esters is 1. The Morgan fingerprint density at radius 2 is 2.33 bits per heavy atom. The molecule has 0 radical (unpaired) electrons. The van der Waals surface area contributed by atoms with Crippen molar-refractivity contribution in [2.45, 2.75) is 19.9 Å². The van der Waals surface area contributed by atoms with E-state index < -0.39 is 0 Å². The number of carbonyl (C=O) groups excluding carboxylic acids is 1. The number of fused-ring (bicyclic) bond motifs is 1. The number of carbonyl (C=O) groups is 1. The van der Waals surface area contributed by atoms with Crippen LogP contribution in [0.25, 0.3) is 11.0 Å². The molecule has 21 heavy (non-hydrogen) atoms. The van der Waals surface area contributed by atoms with Crippen LogP contribution in [0.4, 0.5) is 5.82 Å². The maximum atomic E-state index is 11.3. The molecule has 0 bridgehead atoms. The van der Waals surface area contributed by atoms with Gasteiger partial charge in [-0.25, -0.2) is 4.98 Å².